The van der Waals surface area contributed by atoms with Gasteiger partial charge in [-0.3, -0.25) is 4.98 Å². The monoisotopic (exact) mass is 234 g/mol. The molecule has 1 unspecified atom stereocenters. The number of aromatic nitrogens is 1. The Morgan fingerprint density at radius 2 is 2.36 bits per heavy atom. The predicted molar refractivity (Wildman–Crippen MR) is 57.9 cm³/mol. The Bertz CT molecular complexity index is 359. The molecule has 0 spiro atoms. The zero-order chi connectivity index (χ0) is 10.6. The van der Waals surface area contributed by atoms with Crippen molar-refractivity contribution in [2.24, 2.45) is 5.73 Å². The molecular weight excluding hydrogens is 220 g/mol. The summed E-state index contributed by atoms with van der Waals surface area (Å²) in [5, 5.41) is -0.366. The first-order chi connectivity index (χ1) is 6.56. The average Bonchev–Trinajstić information content (AvgIpc) is 2.56. The molecular formula is C8H14N2O2S2. The molecule has 1 atom stereocenters. The van der Waals surface area contributed by atoms with Crippen molar-refractivity contribution in [3.8, 4) is 0 Å². The highest BCUT2D eigenvalue weighted by Gasteiger charge is 2.20. The van der Waals surface area contributed by atoms with E-state index in [0.717, 1.165) is 4.88 Å². The van der Waals surface area contributed by atoms with Gasteiger partial charge in [0, 0.05) is 11.1 Å². The van der Waals surface area contributed by atoms with Gasteiger partial charge in [0.25, 0.3) is 0 Å². The van der Waals surface area contributed by atoms with Crippen molar-refractivity contribution in [3.63, 3.8) is 0 Å². The summed E-state index contributed by atoms with van der Waals surface area (Å²) in [7, 11) is -3.05. The molecule has 0 aliphatic heterocycles. The van der Waals surface area contributed by atoms with Crippen LogP contribution in [0.15, 0.2) is 11.7 Å². The lowest BCUT2D eigenvalue weighted by Gasteiger charge is -2.10. The highest BCUT2D eigenvalue weighted by molar-refractivity contribution is 7.91. The highest BCUT2D eigenvalue weighted by atomic mass is 32.2. The quantitative estimate of drug-likeness (QED) is 0.817. The Labute approximate surface area is 88.1 Å². The second kappa shape index (κ2) is 4.86. The lowest BCUT2D eigenvalue weighted by atomic mass is 10.3. The van der Waals surface area contributed by atoms with E-state index >= 15 is 0 Å². The van der Waals surface area contributed by atoms with Crippen LogP contribution in [0.1, 0.15) is 18.2 Å². The lowest BCUT2D eigenvalue weighted by molar-refractivity contribution is 0.577. The van der Waals surface area contributed by atoms with Crippen LogP contribution in [0.3, 0.4) is 0 Å². The molecule has 0 bridgehead atoms. The van der Waals surface area contributed by atoms with Crippen LogP contribution < -0.4 is 5.73 Å². The summed E-state index contributed by atoms with van der Waals surface area (Å²) in [4.78, 5) is 4.63. The Morgan fingerprint density at radius 1 is 1.64 bits per heavy atom. The zero-order valence-corrected chi connectivity index (χ0v) is 9.64. The Hall–Kier alpha value is -0.460. The van der Waals surface area contributed by atoms with E-state index in [9.17, 15) is 8.42 Å². The Balaban J connectivity index is 2.67. The first-order valence-electron chi connectivity index (χ1n) is 4.35. The van der Waals surface area contributed by atoms with Crippen molar-refractivity contribution in [1.82, 2.24) is 4.98 Å². The summed E-state index contributed by atoms with van der Waals surface area (Å²) < 4.78 is 23.4. The number of sulfone groups is 1. The summed E-state index contributed by atoms with van der Waals surface area (Å²) in [6.07, 6.45) is 2.11. The van der Waals surface area contributed by atoms with Gasteiger partial charge in [0.1, 0.15) is 0 Å². The molecule has 0 aliphatic rings. The smallest absolute Gasteiger partial charge is 0.157 e. The fourth-order valence-corrected chi connectivity index (χ4v) is 3.46. The van der Waals surface area contributed by atoms with E-state index in [0.29, 0.717) is 13.0 Å². The summed E-state index contributed by atoms with van der Waals surface area (Å²) in [6, 6.07) is 0. The molecule has 0 aromatic carbocycles. The molecule has 6 heteroatoms. The van der Waals surface area contributed by atoms with Crippen molar-refractivity contribution in [1.29, 1.82) is 0 Å². The van der Waals surface area contributed by atoms with E-state index in [4.69, 9.17) is 5.73 Å². The molecule has 80 valence electrons. The van der Waals surface area contributed by atoms with Crippen molar-refractivity contribution in [3.05, 3.63) is 16.6 Å². The molecule has 1 aromatic heterocycles. The topological polar surface area (TPSA) is 73.1 Å². The zero-order valence-electron chi connectivity index (χ0n) is 8.01. The first-order valence-corrected chi connectivity index (χ1v) is 6.95. The molecule has 4 nitrogen and oxygen atoms in total. The predicted octanol–water partition coefficient (Wildman–Crippen LogP) is 0.795. The largest absolute Gasteiger partial charge is 0.330 e. The van der Waals surface area contributed by atoms with Crippen molar-refractivity contribution >= 4 is 21.2 Å². The molecule has 0 radical (unpaired) electrons. The van der Waals surface area contributed by atoms with E-state index < -0.39 is 9.84 Å². The van der Waals surface area contributed by atoms with Gasteiger partial charge in [0.2, 0.25) is 0 Å². The number of rotatable bonds is 5. The summed E-state index contributed by atoms with van der Waals surface area (Å²) in [6.45, 7) is 2.10. The Morgan fingerprint density at radius 3 is 2.86 bits per heavy atom. The lowest BCUT2D eigenvalue weighted by Crippen LogP contribution is -2.22. The fraction of sp³-hybridized carbons (Fsp3) is 0.625. The maximum atomic E-state index is 11.7. The Kier molecular flexibility index (Phi) is 4.03. The number of thiazole rings is 1. The minimum absolute atomic E-state index is 0.0822. The molecule has 0 fully saturated rings. The van der Waals surface area contributed by atoms with Gasteiger partial charge >= 0.3 is 0 Å². The summed E-state index contributed by atoms with van der Waals surface area (Å²) >= 11 is 1.36. The third-order valence-corrected chi connectivity index (χ3v) is 5.15. The van der Waals surface area contributed by atoms with Crippen LogP contribution in [0.4, 0.5) is 0 Å². The van der Waals surface area contributed by atoms with E-state index in [1.54, 1.807) is 18.6 Å². The van der Waals surface area contributed by atoms with E-state index in [2.05, 4.69) is 4.98 Å². The molecule has 14 heavy (non-hydrogen) atoms. The van der Waals surface area contributed by atoms with E-state index in [1.165, 1.54) is 11.3 Å². The standard InChI is InChI=1S/C8H14N2O2S2/c1-7(2-3-9)14(11,12)5-8-4-10-6-13-8/h4,6-7H,2-3,5,9H2,1H3. The van der Waals surface area contributed by atoms with Gasteiger partial charge in [-0.25, -0.2) is 8.42 Å². The van der Waals surface area contributed by atoms with Crippen molar-refractivity contribution in [2.45, 2.75) is 24.3 Å². The molecule has 2 N–H and O–H groups in total. The minimum Gasteiger partial charge on any atom is -0.330 e. The molecule has 0 saturated heterocycles. The number of nitrogens with two attached hydrogens (primary N) is 1. The van der Waals surface area contributed by atoms with Gasteiger partial charge in [-0.2, -0.15) is 0 Å². The van der Waals surface area contributed by atoms with Crippen LogP contribution in [0, 0.1) is 0 Å². The SMILES string of the molecule is CC(CCN)S(=O)(=O)Cc1cncs1. The van der Waals surface area contributed by atoms with Crippen molar-refractivity contribution < 1.29 is 8.42 Å². The molecule has 0 aliphatic carbocycles. The molecule has 1 aromatic rings. The fourth-order valence-electron chi connectivity index (χ4n) is 1.07. The van der Waals surface area contributed by atoms with E-state index in [1.807, 2.05) is 0 Å². The van der Waals surface area contributed by atoms with Gasteiger partial charge < -0.3 is 5.73 Å². The van der Waals surface area contributed by atoms with Crippen LogP contribution in [0.25, 0.3) is 0 Å². The molecule has 0 saturated carbocycles. The molecule has 1 heterocycles. The third kappa shape index (κ3) is 3.04. The first kappa shape index (κ1) is 11.6. The number of hydrogen-bond donors (Lipinski definition) is 1. The minimum atomic E-state index is -3.05. The number of hydrogen-bond acceptors (Lipinski definition) is 5. The molecule has 0 amide bonds. The van der Waals surface area contributed by atoms with Gasteiger partial charge in [0.15, 0.2) is 9.84 Å². The second-order valence-electron chi connectivity index (χ2n) is 3.16. The average molecular weight is 234 g/mol. The van der Waals surface area contributed by atoms with Gasteiger partial charge in [0.05, 0.1) is 16.5 Å². The maximum Gasteiger partial charge on any atom is 0.157 e. The van der Waals surface area contributed by atoms with Crippen LogP contribution >= 0.6 is 11.3 Å². The third-order valence-electron chi connectivity index (χ3n) is 2.01. The van der Waals surface area contributed by atoms with E-state index in [-0.39, 0.29) is 11.0 Å². The van der Waals surface area contributed by atoms with Gasteiger partial charge in [-0.1, -0.05) is 0 Å². The van der Waals surface area contributed by atoms with Crippen molar-refractivity contribution in [2.75, 3.05) is 6.54 Å². The van der Waals surface area contributed by atoms with Crippen LogP contribution in [-0.4, -0.2) is 25.2 Å². The maximum absolute atomic E-state index is 11.7. The van der Waals surface area contributed by atoms with Crippen LogP contribution in [0.2, 0.25) is 0 Å². The van der Waals surface area contributed by atoms with Gasteiger partial charge in [-0.15, -0.1) is 11.3 Å². The normalized spacial score (nSPS) is 14.1. The van der Waals surface area contributed by atoms with Crippen LogP contribution in [-0.2, 0) is 15.6 Å². The van der Waals surface area contributed by atoms with Gasteiger partial charge in [-0.05, 0) is 19.9 Å². The summed E-state index contributed by atoms with van der Waals surface area (Å²) in [5.41, 5.74) is 6.96. The highest BCUT2D eigenvalue weighted by Crippen LogP contribution is 2.15. The number of nitrogens with zero attached hydrogens (tertiary/aromatic N) is 1. The second-order valence-corrected chi connectivity index (χ2v) is 6.55. The molecule has 1 rings (SSSR count). The van der Waals surface area contributed by atoms with Crippen LogP contribution in [0.5, 0.6) is 0 Å². The summed E-state index contributed by atoms with van der Waals surface area (Å²) in [5.74, 6) is 0.0822.